The van der Waals surface area contributed by atoms with E-state index in [1.165, 1.54) is 0 Å². The predicted molar refractivity (Wildman–Crippen MR) is 76.2 cm³/mol. The molecule has 0 spiro atoms. The Hall–Kier alpha value is -1.09. The molecule has 0 saturated carbocycles. The van der Waals surface area contributed by atoms with Crippen molar-refractivity contribution in [2.45, 2.75) is 45.6 Å². The van der Waals surface area contributed by atoms with Gasteiger partial charge in [-0.2, -0.15) is 0 Å². The summed E-state index contributed by atoms with van der Waals surface area (Å²) in [5.41, 5.74) is 2.22. The lowest BCUT2D eigenvalue weighted by atomic mass is 9.94. The van der Waals surface area contributed by atoms with Crippen molar-refractivity contribution in [3.05, 3.63) is 24.3 Å². The fourth-order valence-corrected chi connectivity index (χ4v) is 2.57. The molecule has 4 heteroatoms. The van der Waals surface area contributed by atoms with Crippen LogP contribution in [-0.4, -0.2) is 20.4 Å². The SMILES string of the molecule is CCC(C)(CC)n1c(CCCl)nc2cnccc21. The molecule has 0 aliphatic rings. The molecule has 18 heavy (non-hydrogen) atoms. The molecular weight excluding hydrogens is 246 g/mol. The number of halogens is 1. The fourth-order valence-electron chi connectivity index (χ4n) is 2.40. The molecule has 0 bridgehead atoms. The van der Waals surface area contributed by atoms with Crippen LogP contribution in [0.2, 0.25) is 0 Å². The van der Waals surface area contributed by atoms with Crippen molar-refractivity contribution in [1.29, 1.82) is 0 Å². The van der Waals surface area contributed by atoms with E-state index in [0.29, 0.717) is 5.88 Å². The number of imidazole rings is 1. The molecule has 2 aromatic heterocycles. The van der Waals surface area contributed by atoms with Crippen molar-refractivity contribution in [3.8, 4) is 0 Å². The summed E-state index contributed by atoms with van der Waals surface area (Å²) in [7, 11) is 0. The van der Waals surface area contributed by atoms with Gasteiger partial charge < -0.3 is 4.57 Å². The van der Waals surface area contributed by atoms with Gasteiger partial charge in [-0.05, 0) is 25.8 Å². The zero-order valence-electron chi connectivity index (χ0n) is 11.3. The van der Waals surface area contributed by atoms with Crippen molar-refractivity contribution in [2.24, 2.45) is 0 Å². The highest BCUT2D eigenvalue weighted by molar-refractivity contribution is 6.17. The normalized spacial score (nSPS) is 12.2. The van der Waals surface area contributed by atoms with E-state index in [4.69, 9.17) is 11.6 Å². The summed E-state index contributed by atoms with van der Waals surface area (Å²) < 4.78 is 2.35. The van der Waals surface area contributed by atoms with Crippen LogP contribution in [0.15, 0.2) is 18.5 Å². The smallest absolute Gasteiger partial charge is 0.111 e. The van der Waals surface area contributed by atoms with Gasteiger partial charge in [-0.3, -0.25) is 4.98 Å². The number of fused-ring (bicyclic) bond motifs is 1. The predicted octanol–water partition coefficient (Wildman–Crippen LogP) is 3.75. The first kappa shape index (κ1) is 13.3. The molecule has 0 amide bonds. The number of alkyl halides is 1. The van der Waals surface area contributed by atoms with Crippen LogP contribution >= 0.6 is 11.6 Å². The Kier molecular flexibility index (Phi) is 3.91. The zero-order chi connectivity index (χ0) is 13.2. The van der Waals surface area contributed by atoms with Gasteiger partial charge in [0.15, 0.2) is 0 Å². The molecule has 0 fully saturated rings. The molecule has 0 atom stereocenters. The van der Waals surface area contributed by atoms with Gasteiger partial charge >= 0.3 is 0 Å². The maximum absolute atomic E-state index is 5.90. The van der Waals surface area contributed by atoms with Crippen LogP contribution in [0.1, 0.15) is 39.4 Å². The van der Waals surface area contributed by atoms with E-state index in [-0.39, 0.29) is 5.54 Å². The van der Waals surface area contributed by atoms with Crippen molar-refractivity contribution in [1.82, 2.24) is 14.5 Å². The number of aryl methyl sites for hydroxylation is 1. The Morgan fingerprint density at radius 3 is 2.67 bits per heavy atom. The van der Waals surface area contributed by atoms with Crippen LogP contribution in [0.3, 0.4) is 0 Å². The highest BCUT2D eigenvalue weighted by atomic mass is 35.5. The van der Waals surface area contributed by atoms with Crippen molar-refractivity contribution in [3.63, 3.8) is 0 Å². The molecule has 0 aromatic carbocycles. The highest BCUT2D eigenvalue weighted by Crippen LogP contribution is 2.31. The second-order valence-corrected chi connectivity index (χ2v) is 5.25. The number of nitrogens with zero attached hydrogens (tertiary/aromatic N) is 3. The third kappa shape index (κ3) is 2.12. The molecule has 0 radical (unpaired) electrons. The number of hydrogen-bond donors (Lipinski definition) is 0. The lowest BCUT2D eigenvalue weighted by Gasteiger charge is -2.31. The first-order valence-electron chi connectivity index (χ1n) is 6.54. The zero-order valence-corrected chi connectivity index (χ0v) is 12.0. The van der Waals surface area contributed by atoms with Gasteiger partial charge in [-0.15, -0.1) is 11.6 Å². The number of pyridine rings is 1. The van der Waals surface area contributed by atoms with E-state index >= 15 is 0 Å². The molecule has 0 aliphatic heterocycles. The fraction of sp³-hybridized carbons (Fsp3) is 0.571. The van der Waals surface area contributed by atoms with Crippen LogP contribution in [0, 0.1) is 0 Å². The summed E-state index contributed by atoms with van der Waals surface area (Å²) in [6, 6.07) is 2.05. The molecule has 0 N–H and O–H groups in total. The summed E-state index contributed by atoms with van der Waals surface area (Å²) in [6.07, 6.45) is 6.61. The number of rotatable bonds is 5. The molecule has 0 aliphatic carbocycles. The van der Waals surface area contributed by atoms with Gasteiger partial charge in [0.1, 0.15) is 11.3 Å². The lowest BCUT2D eigenvalue weighted by molar-refractivity contribution is 0.294. The van der Waals surface area contributed by atoms with Crippen LogP contribution in [0.25, 0.3) is 11.0 Å². The van der Waals surface area contributed by atoms with E-state index in [2.05, 4.69) is 35.3 Å². The van der Waals surface area contributed by atoms with Crippen LogP contribution in [0.5, 0.6) is 0 Å². The summed E-state index contributed by atoms with van der Waals surface area (Å²) in [6.45, 7) is 6.73. The molecule has 0 saturated heterocycles. The maximum atomic E-state index is 5.90. The molecular formula is C14H20ClN3. The summed E-state index contributed by atoms with van der Waals surface area (Å²) in [5.74, 6) is 1.67. The standard InChI is InChI=1S/C14H20ClN3/c1-4-14(3,5-2)18-12-7-9-16-10-11(12)17-13(18)6-8-15/h7,9-10H,4-6,8H2,1-3H3. The Morgan fingerprint density at radius 1 is 1.33 bits per heavy atom. The van der Waals surface area contributed by atoms with Gasteiger partial charge in [0, 0.05) is 24.0 Å². The molecule has 2 aromatic rings. The largest absolute Gasteiger partial charge is 0.322 e. The van der Waals surface area contributed by atoms with Crippen molar-refractivity contribution in [2.75, 3.05) is 5.88 Å². The second-order valence-electron chi connectivity index (χ2n) is 4.87. The highest BCUT2D eigenvalue weighted by Gasteiger charge is 2.27. The minimum atomic E-state index is 0.0947. The van der Waals surface area contributed by atoms with E-state index in [0.717, 1.165) is 36.1 Å². The van der Waals surface area contributed by atoms with Crippen molar-refractivity contribution >= 4 is 22.6 Å². The topological polar surface area (TPSA) is 30.7 Å². The first-order valence-corrected chi connectivity index (χ1v) is 7.07. The van der Waals surface area contributed by atoms with Gasteiger partial charge in [-0.1, -0.05) is 13.8 Å². The lowest BCUT2D eigenvalue weighted by Crippen LogP contribution is -2.30. The summed E-state index contributed by atoms with van der Waals surface area (Å²) in [4.78, 5) is 8.83. The molecule has 98 valence electrons. The Bertz CT molecular complexity index is 529. The maximum Gasteiger partial charge on any atom is 0.111 e. The van der Waals surface area contributed by atoms with Gasteiger partial charge in [0.05, 0.1) is 11.7 Å². The quantitative estimate of drug-likeness (QED) is 0.771. The van der Waals surface area contributed by atoms with E-state index < -0.39 is 0 Å². The minimum Gasteiger partial charge on any atom is -0.322 e. The minimum absolute atomic E-state index is 0.0947. The van der Waals surface area contributed by atoms with Crippen molar-refractivity contribution < 1.29 is 0 Å². The van der Waals surface area contributed by atoms with E-state index in [9.17, 15) is 0 Å². The Morgan fingerprint density at radius 2 is 2.06 bits per heavy atom. The molecule has 2 heterocycles. The van der Waals surface area contributed by atoms with E-state index in [1.54, 1.807) is 0 Å². The van der Waals surface area contributed by atoms with Gasteiger partial charge in [-0.25, -0.2) is 4.98 Å². The molecule has 0 unspecified atom stereocenters. The second kappa shape index (κ2) is 5.27. The molecule has 3 nitrogen and oxygen atoms in total. The van der Waals surface area contributed by atoms with E-state index in [1.807, 2.05) is 18.5 Å². The first-order chi connectivity index (χ1) is 8.66. The van der Waals surface area contributed by atoms with Crippen LogP contribution in [-0.2, 0) is 12.0 Å². The summed E-state index contributed by atoms with van der Waals surface area (Å²) in [5, 5.41) is 0. The van der Waals surface area contributed by atoms with Gasteiger partial charge in [0.2, 0.25) is 0 Å². The average molecular weight is 266 g/mol. The Balaban J connectivity index is 2.68. The Labute approximate surface area is 113 Å². The summed E-state index contributed by atoms with van der Waals surface area (Å²) >= 11 is 5.90. The van der Waals surface area contributed by atoms with Gasteiger partial charge in [0.25, 0.3) is 0 Å². The third-order valence-electron chi connectivity index (χ3n) is 3.91. The number of aromatic nitrogens is 3. The average Bonchev–Trinajstić information content (AvgIpc) is 2.77. The van der Waals surface area contributed by atoms with Crippen LogP contribution in [0.4, 0.5) is 0 Å². The third-order valence-corrected chi connectivity index (χ3v) is 4.10. The number of hydrogen-bond acceptors (Lipinski definition) is 2. The van der Waals surface area contributed by atoms with Crippen LogP contribution < -0.4 is 0 Å². The molecule has 2 rings (SSSR count). The monoisotopic (exact) mass is 265 g/mol.